The molecule has 0 saturated heterocycles. The molecule has 0 saturated carbocycles. The molecule has 2 N–H and O–H groups in total. The van der Waals surface area contributed by atoms with Gasteiger partial charge in [0.1, 0.15) is 12.7 Å². The van der Waals surface area contributed by atoms with Crippen LogP contribution < -0.4 is 10.6 Å². The molecule has 0 fully saturated rings. The molecule has 0 aliphatic carbocycles. The van der Waals surface area contributed by atoms with E-state index in [1.807, 2.05) is 5.32 Å². The van der Waals surface area contributed by atoms with Gasteiger partial charge in [-0.25, -0.2) is 9.67 Å². The molecule has 0 unspecified atom stereocenters. The minimum absolute atomic E-state index is 0.432. The van der Waals surface area contributed by atoms with Gasteiger partial charge in [0.25, 0.3) is 0 Å². The van der Waals surface area contributed by atoms with Crippen molar-refractivity contribution in [2.45, 2.75) is 6.18 Å². The van der Waals surface area contributed by atoms with Crippen LogP contribution in [0, 0.1) is 0 Å². The van der Waals surface area contributed by atoms with Crippen LogP contribution in [-0.2, 0) is 4.79 Å². The number of benzene rings is 1. The third-order valence-electron chi connectivity index (χ3n) is 2.45. The second kappa shape index (κ2) is 6.35. The van der Waals surface area contributed by atoms with Crippen molar-refractivity contribution in [1.29, 1.82) is 0 Å². The molecule has 0 radical (unpaired) electrons. The molecular weight excluding hydrogens is 287 g/mol. The van der Waals surface area contributed by atoms with Crippen molar-refractivity contribution in [2.75, 3.05) is 18.4 Å². The van der Waals surface area contributed by atoms with Crippen molar-refractivity contribution in [1.82, 2.24) is 20.1 Å². The van der Waals surface area contributed by atoms with E-state index in [1.165, 1.54) is 17.3 Å². The zero-order chi connectivity index (χ0) is 15.3. The first-order valence-electron chi connectivity index (χ1n) is 5.97. The van der Waals surface area contributed by atoms with Gasteiger partial charge in [0.2, 0.25) is 5.91 Å². The first kappa shape index (κ1) is 15.0. The average Bonchev–Trinajstić information content (AvgIpc) is 2.91. The van der Waals surface area contributed by atoms with E-state index in [0.29, 0.717) is 11.4 Å². The highest BCUT2D eigenvalue weighted by atomic mass is 19.4. The summed E-state index contributed by atoms with van der Waals surface area (Å²) in [5, 5.41) is 8.49. The molecule has 1 aromatic heterocycles. The molecule has 0 aliphatic rings. The summed E-state index contributed by atoms with van der Waals surface area (Å²) in [6.45, 7) is -1.66. The molecule has 0 bridgehead atoms. The molecule has 0 aliphatic heterocycles. The largest absolute Gasteiger partial charge is 0.401 e. The van der Waals surface area contributed by atoms with E-state index in [4.69, 9.17) is 0 Å². The predicted molar refractivity (Wildman–Crippen MR) is 68.9 cm³/mol. The van der Waals surface area contributed by atoms with Gasteiger partial charge in [-0.1, -0.05) is 12.1 Å². The number of halogens is 3. The number of hydrogen-bond acceptors (Lipinski definition) is 4. The smallest absolute Gasteiger partial charge is 0.323 e. The molecule has 2 aromatic rings. The van der Waals surface area contributed by atoms with Crippen LogP contribution in [0.3, 0.4) is 0 Å². The fourth-order valence-electron chi connectivity index (χ4n) is 1.62. The SMILES string of the molecule is O=C(CNCC(F)(F)F)Nc1ccccc1-n1cncn1. The summed E-state index contributed by atoms with van der Waals surface area (Å²) in [6.07, 6.45) is -1.56. The molecule has 0 atom stereocenters. The summed E-state index contributed by atoms with van der Waals surface area (Å²) in [5.74, 6) is -0.577. The Morgan fingerprint density at radius 3 is 2.71 bits per heavy atom. The molecule has 9 heteroatoms. The van der Waals surface area contributed by atoms with Crippen molar-refractivity contribution in [2.24, 2.45) is 0 Å². The normalized spacial score (nSPS) is 11.4. The van der Waals surface area contributed by atoms with E-state index in [1.54, 1.807) is 24.3 Å². The average molecular weight is 299 g/mol. The molecule has 1 heterocycles. The number of rotatable bonds is 5. The Labute approximate surface area is 118 Å². The quantitative estimate of drug-likeness (QED) is 0.874. The van der Waals surface area contributed by atoms with Crippen LogP contribution in [0.2, 0.25) is 0 Å². The lowest BCUT2D eigenvalue weighted by Gasteiger charge is -2.11. The Balaban J connectivity index is 1.99. The van der Waals surface area contributed by atoms with Gasteiger partial charge in [-0.15, -0.1) is 0 Å². The summed E-state index contributed by atoms with van der Waals surface area (Å²) in [4.78, 5) is 15.4. The van der Waals surface area contributed by atoms with E-state index in [2.05, 4.69) is 15.4 Å². The second-order valence-electron chi connectivity index (χ2n) is 4.12. The van der Waals surface area contributed by atoms with Crippen LogP contribution in [0.4, 0.5) is 18.9 Å². The highest BCUT2D eigenvalue weighted by molar-refractivity contribution is 5.94. The molecular formula is C12H12F3N5O. The van der Waals surface area contributed by atoms with Gasteiger partial charge >= 0.3 is 6.18 Å². The van der Waals surface area contributed by atoms with Crippen LogP contribution in [0.5, 0.6) is 0 Å². The molecule has 112 valence electrons. The van der Waals surface area contributed by atoms with Crippen molar-refractivity contribution < 1.29 is 18.0 Å². The monoisotopic (exact) mass is 299 g/mol. The van der Waals surface area contributed by atoms with Gasteiger partial charge in [-0.2, -0.15) is 18.3 Å². The first-order valence-corrected chi connectivity index (χ1v) is 5.97. The number of carbonyl (C=O) groups is 1. The number of para-hydroxylation sites is 2. The van der Waals surface area contributed by atoms with Crippen LogP contribution in [0.25, 0.3) is 5.69 Å². The Bertz CT molecular complexity index is 597. The van der Waals surface area contributed by atoms with Crippen molar-refractivity contribution >= 4 is 11.6 Å². The third-order valence-corrected chi connectivity index (χ3v) is 2.45. The van der Waals surface area contributed by atoms with E-state index in [0.717, 1.165) is 0 Å². The van der Waals surface area contributed by atoms with Gasteiger partial charge in [-0.3, -0.25) is 4.79 Å². The highest BCUT2D eigenvalue weighted by Gasteiger charge is 2.26. The van der Waals surface area contributed by atoms with Crippen LogP contribution in [0.1, 0.15) is 0 Å². The Kier molecular flexibility index (Phi) is 4.53. The number of carbonyl (C=O) groups excluding carboxylic acids is 1. The maximum Gasteiger partial charge on any atom is 0.401 e. The number of aromatic nitrogens is 3. The number of nitrogens with one attached hydrogen (secondary N) is 2. The van der Waals surface area contributed by atoms with E-state index in [9.17, 15) is 18.0 Å². The lowest BCUT2D eigenvalue weighted by molar-refractivity contribution is -0.126. The van der Waals surface area contributed by atoms with E-state index >= 15 is 0 Å². The number of hydrogen-bond donors (Lipinski definition) is 2. The summed E-state index contributed by atoms with van der Waals surface area (Å²) in [6, 6.07) is 6.76. The van der Waals surface area contributed by atoms with Gasteiger partial charge in [0.15, 0.2) is 0 Å². The Morgan fingerprint density at radius 1 is 1.29 bits per heavy atom. The van der Waals surface area contributed by atoms with Gasteiger partial charge in [0, 0.05) is 0 Å². The number of alkyl halides is 3. The summed E-state index contributed by atoms with van der Waals surface area (Å²) < 4.78 is 37.4. The molecule has 6 nitrogen and oxygen atoms in total. The van der Waals surface area contributed by atoms with Gasteiger partial charge in [0.05, 0.1) is 24.5 Å². The molecule has 2 rings (SSSR count). The van der Waals surface area contributed by atoms with Crippen LogP contribution in [-0.4, -0.2) is 39.9 Å². The number of anilines is 1. The zero-order valence-corrected chi connectivity index (χ0v) is 10.8. The molecule has 1 amide bonds. The number of nitrogens with zero attached hydrogens (tertiary/aromatic N) is 3. The maximum absolute atomic E-state index is 12.0. The van der Waals surface area contributed by atoms with Gasteiger partial charge < -0.3 is 10.6 Å². The summed E-state index contributed by atoms with van der Waals surface area (Å²) >= 11 is 0. The minimum Gasteiger partial charge on any atom is -0.323 e. The lowest BCUT2D eigenvalue weighted by atomic mass is 10.2. The van der Waals surface area contributed by atoms with Crippen LogP contribution in [0.15, 0.2) is 36.9 Å². The van der Waals surface area contributed by atoms with Gasteiger partial charge in [-0.05, 0) is 12.1 Å². The first-order chi connectivity index (χ1) is 9.96. The van der Waals surface area contributed by atoms with Crippen molar-refractivity contribution in [3.8, 4) is 5.69 Å². The summed E-state index contributed by atoms with van der Waals surface area (Å²) in [5.41, 5.74) is 1.00. The van der Waals surface area contributed by atoms with E-state index in [-0.39, 0.29) is 0 Å². The second-order valence-corrected chi connectivity index (χ2v) is 4.12. The number of amides is 1. The third kappa shape index (κ3) is 4.56. The molecule has 0 spiro atoms. The van der Waals surface area contributed by atoms with Crippen molar-refractivity contribution in [3.05, 3.63) is 36.9 Å². The maximum atomic E-state index is 12.0. The molecule has 1 aromatic carbocycles. The minimum atomic E-state index is -4.35. The summed E-state index contributed by atoms with van der Waals surface area (Å²) in [7, 11) is 0. The highest BCUT2D eigenvalue weighted by Crippen LogP contribution is 2.18. The Morgan fingerprint density at radius 2 is 2.05 bits per heavy atom. The lowest BCUT2D eigenvalue weighted by Crippen LogP contribution is -2.35. The standard InChI is InChI=1S/C12H12F3N5O/c13-12(14,15)6-16-5-11(21)19-9-3-1-2-4-10(9)20-8-17-7-18-20/h1-4,7-8,16H,5-6H2,(H,19,21). The van der Waals surface area contributed by atoms with Crippen molar-refractivity contribution in [3.63, 3.8) is 0 Å². The molecule has 21 heavy (non-hydrogen) atoms. The predicted octanol–water partition coefficient (Wildman–Crippen LogP) is 1.36. The fourth-order valence-corrected chi connectivity index (χ4v) is 1.62. The zero-order valence-electron chi connectivity index (χ0n) is 10.8. The van der Waals surface area contributed by atoms with Crippen LogP contribution >= 0.6 is 0 Å². The van der Waals surface area contributed by atoms with E-state index < -0.39 is 25.2 Å². The topological polar surface area (TPSA) is 71.8 Å². The Hall–Kier alpha value is -2.42. The fraction of sp³-hybridized carbons (Fsp3) is 0.250.